The fraction of sp³-hybridized carbons (Fsp3) is 0.250. The van der Waals surface area contributed by atoms with Gasteiger partial charge in [-0.3, -0.25) is 20.9 Å². The molecule has 0 fully saturated rings. The molecule has 2 heterocycles. The molecule has 0 spiro atoms. The monoisotopic (exact) mass is 281 g/mol. The normalized spacial score (nSPS) is 12.7. The fourth-order valence-corrected chi connectivity index (χ4v) is 2.63. The van der Waals surface area contributed by atoms with E-state index >= 15 is 0 Å². The van der Waals surface area contributed by atoms with Gasteiger partial charge in [0.15, 0.2) is 0 Å². The first kappa shape index (κ1) is 13.7. The summed E-state index contributed by atoms with van der Waals surface area (Å²) in [6, 6.07) is 14.3. The third-order valence-electron chi connectivity index (χ3n) is 3.69. The van der Waals surface area contributed by atoms with E-state index in [1.54, 1.807) is 6.20 Å². The average Bonchev–Trinajstić information content (AvgIpc) is 2.84. The summed E-state index contributed by atoms with van der Waals surface area (Å²) in [6.07, 6.45) is 3.36. The number of aryl methyl sites for hydroxylation is 1. The molecule has 3 rings (SSSR count). The number of pyridine rings is 1. The second-order valence-electron chi connectivity index (χ2n) is 5.18. The highest BCUT2D eigenvalue weighted by Crippen LogP contribution is 2.19. The summed E-state index contributed by atoms with van der Waals surface area (Å²) in [6.45, 7) is 0. The topological polar surface area (TPSA) is 68.8 Å². The number of hydrogen-bond acceptors (Lipinski definition) is 4. The number of benzene rings is 1. The molecule has 0 saturated carbocycles. The number of hydrazine groups is 1. The van der Waals surface area contributed by atoms with Crippen LogP contribution >= 0.6 is 0 Å². The number of nitrogens with zero attached hydrogens (tertiary/aromatic N) is 3. The largest absolute Gasteiger partial charge is 0.271 e. The van der Waals surface area contributed by atoms with Gasteiger partial charge in [-0.25, -0.2) is 0 Å². The van der Waals surface area contributed by atoms with Crippen molar-refractivity contribution in [1.82, 2.24) is 20.2 Å². The molecule has 0 aliphatic heterocycles. The maximum Gasteiger partial charge on any atom is 0.0719 e. The Hall–Kier alpha value is -2.24. The number of nitrogens with one attached hydrogen (secondary N) is 1. The molecule has 108 valence electrons. The number of fused-ring (bicyclic) bond motifs is 1. The molecule has 3 aromatic rings. The van der Waals surface area contributed by atoms with Crippen LogP contribution in [0.25, 0.3) is 10.9 Å². The van der Waals surface area contributed by atoms with Gasteiger partial charge in [-0.2, -0.15) is 5.10 Å². The Morgan fingerprint density at radius 2 is 1.95 bits per heavy atom. The lowest BCUT2D eigenvalue weighted by Crippen LogP contribution is -2.38. The molecule has 0 radical (unpaired) electrons. The Balaban J connectivity index is 1.83. The van der Waals surface area contributed by atoms with Crippen molar-refractivity contribution in [2.45, 2.75) is 18.9 Å². The van der Waals surface area contributed by atoms with Crippen LogP contribution in [0.3, 0.4) is 0 Å². The number of nitrogens with two attached hydrogens (primary N) is 1. The van der Waals surface area contributed by atoms with Gasteiger partial charge in [0.2, 0.25) is 0 Å². The van der Waals surface area contributed by atoms with E-state index in [1.165, 1.54) is 5.39 Å². The third kappa shape index (κ3) is 2.94. The van der Waals surface area contributed by atoms with Crippen LogP contribution < -0.4 is 11.3 Å². The Labute approximate surface area is 123 Å². The molecule has 1 aromatic carbocycles. The lowest BCUT2D eigenvalue weighted by atomic mass is 10.0. The Morgan fingerprint density at radius 1 is 1.14 bits per heavy atom. The minimum Gasteiger partial charge on any atom is -0.271 e. The lowest BCUT2D eigenvalue weighted by molar-refractivity contribution is 0.511. The van der Waals surface area contributed by atoms with Crippen LogP contribution in [0.15, 0.2) is 48.7 Å². The van der Waals surface area contributed by atoms with Gasteiger partial charge >= 0.3 is 0 Å². The number of rotatable bonds is 5. The third-order valence-corrected chi connectivity index (χ3v) is 3.69. The van der Waals surface area contributed by atoms with Crippen LogP contribution in [0.5, 0.6) is 0 Å². The van der Waals surface area contributed by atoms with E-state index in [4.69, 9.17) is 5.84 Å². The zero-order valence-electron chi connectivity index (χ0n) is 12.0. The standard InChI is InChI=1S/C16H19N5/c1-21-16-8-3-2-7-14(16)15(20-21)11-13(19-17)10-12-6-4-5-9-18-12/h2-9,13,19H,10-11,17H2,1H3. The molecular weight excluding hydrogens is 262 g/mol. The quantitative estimate of drug-likeness (QED) is 0.550. The predicted molar refractivity (Wildman–Crippen MR) is 83.5 cm³/mol. The number of hydrogen-bond donors (Lipinski definition) is 2. The second-order valence-corrected chi connectivity index (χ2v) is 5.18. The van der Waals surface area contributed by atoms with Gasteiger partial charge in [0.1, 0.15) is 0 Å². The van der Waals surface area contributed by atoms with Crippen LogP contribution in [0.2, 0.25) is 0 Å². The molecule has 0 aliphatic rings. The summed E-state index contributed by atoms with van der Waals surface area (Å²) < 4.78 is 1.92. The van der Waals surface area contributed by atoms with Crippen molar-refractivity contribution < 1.29 is 0 Å². The molecule has 21 heavy (non-hydrogen) atoms. The maximum atomic E-state index is 5.71. The first-order chi connectivity index (χ1) is 10.3. The van der Waals surface area contributed by atoms with Crippen molar-refractivity contribution in [3.63, 3.8) is 0 Å². The lowest BCUT2D eigenvalue weighted by Gasteiger charge is -2.14. The van der Waals surface area contributed by atoms with Crippen LogP contribution in [-0.4, -0.2) is 20.8 Å². The summed E-state index contributed by atoms with van der Waals surface area (Å²) in [4.78, 5) is 4.35. The molecule has 0 aliphatic carbocycles. The van der Waals surface area contributed by atoms with Gasteiger partial charge in [-0.05, 0) is 18.2 Å². The summed E-state index contributed by atoms with van der Waals surface area (Å²) in [5.41, 5.74) is 6.11. The second kappa shape index (κ2) is 6.03. The summed E-state index contributed by atoms with van der Waals surface area (Å²) in [5.74, 6) is 5.71. The highest BCUT2D eigenvalue weighted by molar-refractivity contribution is 5.81. The molecule has 2 aromatic heterocycles. The highest BCUT2D eigenvalue weighted by atomic mass is 15.3. The Morgan fingerprint density at radius 3 is 2.71 bits per heavy atom. The average molecular weight is 281 g/mol. The smallest absolute Gasteiger partial charge is 0.0719 e. The molecule has 5 nitrogen and oxygen atoms in total. The molecule has 0 bridgehead atoms. The Bertz CT molecular complexity index is 720. The van der Waals surface area contributed by atoms with Crippen LogP contribution in [0.1, 0.15) is 11.4 Å². The van der Waals surface area contributed by atoms with Gasteiger partial charge in [0.25, 0.3) is 0 Å². The van der Waals surface area contributed by atoms with Crippen molar-refractivity contribution in [3.8, 4) is 0 Å². The van der Waals surface area contributed by atoms with Crippen molar-refractivity contribution in [2.24, 2.45) is 12.9 Å². The van der Waals surface area contributed by atoms with Crippen molar-refractivity contribution >= 4 is 10.9 Å². The molecule has 5 heteroatoms. The van der Waals surface area contributed by atoms with E-state index in [9.17, 15) is 0 Å². The zero-order chi connectivity index (χ0) is 14.7. The zero-order valence-corrected chi connectivity index (χ0v) is 12.0. The van der Waals surface area contributed by atoms with Crippen molar-refractivity contribution in [1.29, 1.82) is 0 Å². The van der Waals surface area contributed by atoms with Gasteiger partial charge in [0, 0.05) is 43.2 Å². The van der Waals surface area contributed by atoms with E-state index < -0.39 is 0 Å². The van der Waals surface area contributed by atoms with Gasteiger partial charge in [-0.1, -0.05) is 24.3 Å². The fourth-order valence-electron chi connectivity index (χ4n) is 2.63. The van der Waals surface area contributed by atoms with E-state index in [0.717, 1.165) is 29.7 Å². The first-order valence-electron chi connectivity index (χ1n) is 7.04. The van der Waals surface area contributed by atoms with Crippen LogP contribution in [0.4, 0.5) is 0 Å². The molecular formula is C16H19N5. The van der Waals surface area contributed by atoms with E-state index in [0.29, 0.717) is 0 Å². The minimum absolute atomic E-state index is 0.109. The molecule has 0 saturated heterocycles. The number of aromatic nitrogens is 3. The summed E-state index contributed by atoms with van der Waals surface area (Å²) in [5, 5.41) is 5.80. The van der Waals surface area contributed by atoms with Crippen LogP contribution in [0, 0.1) is 0 Å². The molecule has 3 N–H and O–H groups in total. The van der Waals surface area contributed by atoms with Gasteiger partial charge in [-0.15, -0.1) is 0 Å². The number of para-hydroxylation sites is 1. The van der Waals surface area contributed by atoms with Gasteiger partial charge < -0.3 is 0 Å². The Kier molecular flexibility index (Phi) is 3.94. The predicted octanol–water partition coefficient (Wildman–Crippen LogP) is 1.59. The molecule has 1 unspecified atom stereocenters. The first-order valence-corrected chi connectivity index (χ1v) is 7.04. The van der Waals surface area contributed by atoms with E-state index in [-0.39, 0.29) is 6.04 Å². The maximum absolute atomic E-state index is 5.71. The van der Waals surface area contributed by atoms with Crippen LogP contribution in [-0.2, 0) is 19.9 Å². The summed E-state index contributed by atoms with van der Waals surface area (Å²) >= 11 is 0. The summed E-state index contributed by atoms with van der Waals surface area (Å²) in [7, 11) is 1.97. The molecule has 0 amide bonds. The SMILES string of the molecule is Cn1nc(CC(Cc2ccccn2)NN)c2ccccc21. The minimum atomic E-state index is 0.109. The van der Waals surface area contributed by atoms with E-state index in [1.807, 2.05) is 42.1 Å². The van der Waals surface area contributed by atoms with Crippen molar-refractivity contribution in [3.05, 3.63) is 60.0 Å². The van der Waals surface area contributed by atoms with E-state index in [2.05, 4.69) is 27.6 Å². The van der Waals surface area contributed by atoms with Crippen molar-refractivity contribution in [2.75, 3.05) is 0 Å². The highest BCUT2D eigenvalue weighted by Gasteiger charge is 2.15. The molecule has 1 atom stereocenters. The van der Waals surface area contributed by atoms with Gasteiger partial charge in [0.05, 0.1) is 11.2 Å².